The molecule has 0 aromatic heterocycles. The van der Waals surface area contributed by atoms with E-state index in [0.717, 1.165) is 0 Å². The van der Waals surface area contributed by atoms with Crippen LogP contribution in [0.5, 0.6) is 0 Å². The van der Waals surface area contributed by atoms with Crippen molar-refractivity contribution in [2.24, 2.45) is 5.92 Å². The van der Waals surface area contributed by atoms with E-state index in [1.807, 2.05) is 11.8 Å². The van der Waals surface area contributed by atoms with E-state index in [4.69, 9.17) is 0 Å². The maximum atomic E-state index is 2.31. The van der Waals surface area contributed by atoms with Gasteiger partial charge in [0.1, 0.15) is 0 Å². The zero-order valence-electron chi connectivity index (χ0n) is 8.34. The van der Waals surface area contributed by atoms with Gasteiger partial charge >= 0.3 is 0 Å². The number of hydrogen-bond donors (Lipinski definition) is 0. The molecule has 0 N–H and O–H groups in total. The molecule has 2 aliphatic rings. The third-order valence-corrected chi connectivity index (χ3v) is 4.06. The average Bonchev–Trinajstić information content (AvgIpc) is 2.74. The van der Waals surface area contributed by atoms with Crippen LogP contribution in [0.15, 0.2) is 60.0 Å². The minimum Gasteiger partial charge on any atom is -0.125 e. The zero-order valence-corrected chi connectivity index (χ0v) is 9.15. The maximum Gasteiger partial charge on any atom is 0.0375 e. The molecule has 0 nitrogen and oxygen atoms in total. The molecule has 0 amide bonds. The second kappa shape index (κ2) is 3.74. The highest BCUT2D eigenvalue weighted by Crippen LogP contribution is 2.43. The highest BCUT2D eigenvalue weighted by molar-refractivity contribution is 8.03. The second-order valence-electron chi connectivity index (χ2n) is 3.84. The van der Waals surface area contributed by atoms with Gasteiger partial charge in [-0.2, -0.15) is 0 Å². The van der Waals surface area contributed by atoms with Gasteiger partial charge in [0.2, 0.25) is 0 Å². The van der Waals surface area contributed by atoms with Crippen molar-refractivity contribution in [3.05, 3.63) is 65.6 Å². The van der Waals surface area contributed by atoms with Gasteiger partial charge in [-0.3, -0.25) is 0 Å². The van der Waals surface area contributed by atoms with Gasteiger partial charge in [0.15, 0.2) is 0 Å². The summed E-state index contributed by atoms with van der Waals surface area (Å²) in [5, 5.41) is 2.93. The van der Waals surface area contributed by atoms with Crippen LogP contribution in [0.2, 0.25) is 0 Å². The SMILES string of the molecule is C1=CC2SC=C(c3ccccc3)C2C=C1. The summed E-state index contributed by atoms with van der Waals surface area (Å²) in [5.74, 6) is 0.572. The van der Waals surface area contributed by atoms with E-state index in [9.17, 15) is 0 Å². The fourth-order valence-electron chi connectivity index (χ4n) is 2.12. The fourth-order valence-corrected chi connectivity index (χ4v) is 3.30. The van der Waals surface area contributed by atoms with Crippen LogP contribution in [-0.2, 0) is 0 Å². The van der Waals surface area contributed by atoms with Crippen LogP contribution in [0.1, 0.15) is 5.56 Å². The Balaban J connectivity index is 1.96. The number of hydrogen-bond acceptors (Lipinski definition) is 1. The van der Waals surface area contributed by atoms with Crippen LogP contribution in [0.25, 0.3) is 5.57 Å². The quantitative estimate of drug-likeness (QED) is 0.680. The van der Waals surface area contributed by atoms with Crippen LogP contribution < -0.4 is 0 Å². The van der Waals surface area contributed by atoms with E-state index < -0.39 is 0 Å². The fraction of sp³-hybridized carbons (Fsp3) is 0.143. The van der Waals surface area contributed by atoms with Gasteiger partial charge in [-0.25, -0.2) is 0 Å². The van der Waals surface area contributed by atoms with E-state index in [1.165, 1.54) is 11.1 Å². The van der Waals surface area contributed by atoms with Gasteiger partial charge in [0.25, 0.3) is 0 Å². The van der Waals surface area contributed by atoms with Crippen molar-refractivity contribution >= 4 is 17.3 Å². The molecular formula is C14H12S. The molecule has 0 radical (unpaired) electrons. The van der Waals surface area contributed by atoms with Gasteiger partial charge in [-0.05, 0) is 16.5 Å². The van der Waals surface area contributed by atoms with E-state index >= 15 is 0 Å². The van der Waals surface area contributed by atoms with Crippen molar-refractivity contribution in [3.8, 4) is 0 Å². The van der Waals surface area contributed by atoms with Crippen molar-refractivity contribution in [1.82, 2.24) is 0 Å². The zero-order chi connectivity index (χ0) is 10.1. The summed E-state index contributed by atoms with van der Waals surface area (Å²) in [6.07, 6.45) is 8.91. The standard InChI is InChI=1S/C14H12S/c1-2-6-11(7-3-1)13-10-15-14-9-5-4-8-12(13)14/h1-10,12,14H. The third-order valence-electron chi connectivity index (χ3n) is 2.90. The number of thioether (sulfide) groups is 1. The van der Waals surface area contributed by atoms with Crippen LogP contribution >= 0.6 is 11.8 Å². The monoisotopic (exact) mass is 212 g/mol. The van der Waals surface area contributed by atoms with Gasteiger partial charge in [0, 0.05) is 11.2 Å². The molecule has 0 fully saturated rings. The first kappa shape index (κ1) is 9.05. The number of benzene rings is 1. The topological polar surface area (TPSA) is 0 Å². The molecule has 0 saturated carbocycles. The third kappa shape index (κ3) is 1.57. The lowest BCUT2D eigenvalue weighted by molar-refractivity contribution is 0.876. The first-order valence-electron chi connectivity index (χ1n) is 5.21. The predicted molar refractivity (Wildman–Crippen MR) is 67.6 cm³/mol. The summed E-state index contributed by atoms with van der Waals surface area (Å²) in [6.45, 7) is 0. The molecule has 2 unspecified atom stereocenters. The Labute approximate surface area is 94.4 Å². The summed E-state index contributed by atoms with van der Waals surface area (Å²) in [5.41, 5.74) is 2.82. The highest BCUT2D eigenvalue weighted by atomic mass is 32.2. The van der Waals surface area contributed by atoms with Crippen molar-refractivity contribution < 1.29 is 0 Å². The normalized spacial score (nSPS) is 27.6. The van der Waals surface area contributed by atoms with Crippen LogP contribution in [-0.4, -0.2) is 5.25 Å². The first-order chi connectivity index (χ1) is 7.45. The Morgan fingerprint density at radius 3 is 2.60 bits per heavy atom. The average molecular weight is 212 g/mol. The van der Waals surface area contributed by atoms with Crippen molar-refractivity contribution in [3.63, 3.8) is 0 Å². The number of allylic oxidation sites excluding steroid dienone is 4. The van der Waals surface area contributed by atoms with Gasteiger partial charge < -0.3 is 0 Å². The van der Waals surface area contributed by atoms with Gasteiger partial charge in [-0.15, -0.1) is 11.8 Å². The molecule has 74 valence electrons. The minimum absolute atomic E-state index is 0.572. The maximum absolute atomic E-state index is 2.31. The summed E-state index contributed by atoms with van der Waals surface area (Å²) in [6, 6.07) is 10.7. The van der Waals surface area contributed by atoms with Crippen LogP contribution in [0.4, 0.5) is 0 Å². The largest absolute Gasteiger partial charge is 0.125 e. The van der Waals surface area contributed by atoms with Crippen molar-refractivity contribution in [1.29, 1.82) is 0 Å². The van der Waals surface area contributed by atoms with E-state index in [-0.39, 0.29) is 0 Å². The molecule has 1 heteroatoms. The smallest absolute Gasteiger partial charge is 0.0375 e. The molecule has 0 saturated heterocycles. The molecule has 1 aromatic rings. The molecular weight excluding hydrogens is 200 g/mol. The van der Waals surface area contributed by atoms with Crippen molar-refractivity contribution in [2.75, 3.05) is 0 Å². The van der Waals surface area contributed by atoms with Crippen LogP contribution in [0, 0.1) is 5.92 Å². The Kier molecular flexibility index (Phi) is 2.26. The summed E-state index contributed by atoms with van der Waals surface area (Å²) < 4.78 is 0. The van der Waals surface area contributed by atoms with E-state index in [2.05, 4.69) is 60.0 Å². The van der Waals surface area contributed by atoms with E-state index in [1.54, 1.807) is 0 Å². The molecule has 3 rings (SSSR count). The number of rotatable bonds is 1. The highest BCUT2D eigenvalue weighted by Gasteiger charge is 2.28. The summed E-state index contributed by atoms with van der Waals surface area (Å²) in [4.78, 5) is 0. The molecule has 1 aliphatic carbocycles. The summed E-state index contributed by atoms with van der Waals surface area (Å²) in [7, 11) is 0. The lowest BCUT2D eigenvalue weighted by Crippen LogP contribution is -2.11. The molecule has 1 heterocycles. The minimum atomic E-state index is 0.572. The van der Waals surface area contributed by atoms with E-state index in [0.29, 0.717) is 11.2 Å². The number of fused-ring (bicyclic) bond motifs is 1. The molecule has 15 heavy (non-hydrogen) atoms. The first-order valence-corrected chi connectivity index (χ1v) is 6.15. The summed E-state index contributed by atoms with van der Waals surface area (Å²) >= 11 is 1.93. The Hall–Kier alpha value is -1.21. The molecule has 2 atom stereocenters. The molecule has 1 aromatic carbocycles. The predicted octanol–water partition coefficient (Wildman–Crippen LogP) is 3.89. The van der Waals surface area contributed by atoms with Gasteiger partial charge in [0.05, 0.1) is 0 Å². The molecule has 0 bridgehead atoms. The Morgan fingerprint density at radius 2 is 1.73 bits per heavy atom. The van der Waals surface area contributed by atoms with Crippen LogP contribution in [0.3, 0.4) is 0 Å². The molecule has 0 spiro atoms. The van der Waals surface area contributed by atoms with Gasteiger partial charge in [-0.1, -0.05) is 54.6 Å². The Bertz CT molecular complexity index is 440. The van der Waals surface area contributed by atoms with Crippen molar-refractivity contribution in [2.45, 2.75) is 5.25 Å². The second-order valence-corrected chi connectivity index (χ2v) is 4.89. The lowest BCUT2D eigenvalue weighted by Gasteiger charge is -2.18. The lowest BCUT2D eigenvalue weighted by atomic mass is 9.89. The Morgan fingerprint density at radius 1 is 0.933 bits per heavy atom. The molecule has 1 aliphatic heterocycles.